The van der Waals surface area contributed by atoms with Gasteiger partial charge in [-0.3, -0.25) is 4.79 Å². The maximum atomic E-state index is 12.2. The minimum absolute atomic E-state index is 0.0305. The maximum Gasteiger partial charge on any atom is 0.319 e. The topological polar surface area (TPSA) is 70.7 Å². The van der Waals surface area contributed by atoms with Gasteiger partial charge in [0.05, 0.1) is 13.2 Å². The molecule has 0 aromatic heterocycles. The van der Waals surface area contributed by atoms with E-state index < -0.39 is 0 Å². The molecular formula is C18H18ClN3O3. The molecule has 0 bridgehead atoms. The van der Waals surface area contributed by atoms with E-state index >= 15 is 0 Å². The van der Waals surface area contributed by atoms with Crippen molar-refractivity contribution in [2.75, 3.05) is 23.9 Å². The van der Waals surface area contributed by atoms with E-state index in [9.17, 15) is 9.59 Å². The lowest BCUT2D eigenvalue weighted by atomic mass is 10.2. The van der Waals surface area contributed by atoms with Gasteiger partial charge in [-0.2, -0.15) is 0 Å². The molecule has 0 saturated carbocycles. The lowest BCUT2D eigenvalue weighted by molar-refractivity contribution is -0.117. The zero-order valence-electron chi connectivity index (χ0n) is 13.7. The SMILES string of the molecule is COc1ccc(NC(=O)N[C@@H]2CC(=O)N(c3ccc(Cl)cc3)C2)cc1. The van der Waals surface area contributed by atoms with Crippen LogP contribution in [-0.4, -0.2) is 31.6 Å². The lowest BCUT2D eigenvalue weighted by Gasteiger charge is -2.17. The van der Waals surface area contributed by atoms with Gasteiger partial charge in [-0.15, -0.1) is 0 Å². The number of urea groups is 1. The van der Waals surface area contributed by atoms with E-state index in [0.29, 0.717) is 23.0 Å². The molecule has 2 aromatic rings. The van der Waals surface area contributed by atoms with Crippen molar-refractivity contribution in [1.29, 1.82) is 0 Å². The summed E-state index contributed by atoms with van der Waals surface area (Å²) in [6, 6.07) is 13.5. The number of carbonyl (C=O) groups excluding carboxylic acids is 2. The summed E-state index contributed by atoms with van der Waals surface area (Å²) in [5, 5.41) is 6.19. The van der Waals surface area contributed by atoms with Gasteiger partial charge in [0.1, 0.15) is 5.75 Å². The first-order valence-electron chi connectivity index (χ1n) is 7.82. The molecule has 1 fully saturated rings. The molecule has 7 heteroatoms. The second kappa shape index (κ2) is 7.44. The second-order valence-corrected chi connectivity index (χ2v) is 6.15. The van der Waals surface area contributed by atoms with Crippen molar-refractivity contribution >= 4 is 34.9 Å². The van der Waals surface area contributed by atoms with E-state index in [-0.39, 0.29) is 24.4 Å². The Morgan fingerprint density at radius 1 is 1.16 bits per heavy atom. The van der Waals surface area contributed by atoms with Crippen LogP contribution >= 0.6 is 11.6 Å². The fraction of sp³-hybridized carbons (Fsp3) is 0.222. The molecular weight excluding hydrogens is 342 g/mol. The van der Waals surface area contributed by atoms with Gasteiger partial charge in [-0.1, -0.05) is 11.6 Å². The quantitative estimate of drug-likeness (QED) is 0.880. The number of rotatable bonds is 4. The van der Waals surface area contributed by atoms with Crippen LogP contribution in [0.2, 0.25) is 5.02 Å². The first-order chi connectivity index (χ1) is 12.0. The van der Waals surface area contributed by atoms with E-state index in [0.717, 1.165) is 5.69 Å². The average molecular weight is 360 g/mol. The minimum atomic E-state index is -0.346. The molecule has 25 heavy (non-hydrogen) atoms. The predicted molar refractivity (Wildman–Crippen MR) is 97.4 cm³/mol. The molecule has 1 atom stereocenters. The average Bonchev–Trinajstić information content (AvgIpc) is 2.96. The van der Waals surface area contributed by atoms with Gasteiger partial charge in [-0.25, -0.2) is 4.79 Å². The molecule has 1 aliphatic heterocycles. The van der Waals surface area contributed by atoms with E-state index in [1.807, 2.05) is 0 Å². The molecule has 130 valence electrons. The summed E-state index contributed by atoms with van der Waals surface area (Å²) in [7, 11) is 1.58. The van der Waals surface area contributed by atoms with E-state index in [1.165, 1.54) is 0 Å². The number of ether oxygens (including phenoxy) is 1. The number of nitrogens with zero attached hydrogens (tertiary/aromatic N) is 1. The van der Waals surface area contributed by atoms with Crippen LogP contribution in [0, 0.1) is 0 Å². The van der Waals surface area contributed by atoms with Crippen LogP contribution in [0.1, 0.15) is 6.42 Å². The highest BCUT2D eigenvalue weighted by Gasteiger charge is 2.31. The van der Waals surface area contributed by atoms with Crippen molar-refractivity contribution in [2.24, 2.45) is 0 Å². The van der Waals surface area contributed by atoms with Gasteiger partial charge in [-0.05, 0) is 48.5 Å². The highest BCUT2D eigenvalue weighted by atomic mass is 35.5. The number of halogens is 1. The molecule has 2 aromatic carbocycles. The number of benzene rings is 2. The number of anilines is 2. The lowest BCUT2D eigenvalue weighted by Crippen LogP contribution is -2.39. The summed E-state index contributed by atoms with van der Waals surface area (Å²) < 4.78 is 5.08. The first-order valence-corrected chi connectivity index (χ1v) is 8.20. The number of nitrogens with one attached hydrogen (secondary N) is 2. The summed E-state index contributed by atoms with van der Waals surface area (Å²) in [6.45, 7) is 0.427. The second-order valence-electron chi connectivity index (χ2n) is 5.71. The Kier molecular flexibility index (Phi) is 5.09. The zero-order chi connectivity index (χ0) is 17.8. The van der Waals surface area contributed by atoms with Crippen molar-refractivity contribution in [3.05, 3.63) is 53.6 Å². The molecule has 2 N–H and O–H groups in total. The summed E-state index contributed by atoms with van der Waals surface area (Å²) >= 11 is 5.87. The molecule has 1 heterocycles. The van der Waals surface area contributed by atoms with E-state index in [4.69, 9.17) is 16.3 Å². The van der Waals surface area contributed by atoms with Gasteiger partial charge >= 0.3 is 6.03 Å². The number of methoxy groups -OCH3 is 1. The van der Waals surface area contributed by atoms with Crippen molar-refractivity contribution in [3.63, 3.8) is 0 Å². The summed E-state index contributed by atoms with van der Waals surface area (Å²) in [6.07, 6.45) is 0.263. The third-order valence-electron chi connectivity index (χ3n) is 3.95. The van der Waals surface area contributed by atoms with Crippen molar-refractivity contribution in [1.82, 2.24) is 5.32 Å². The molecule has 6 nitrogen and oxygen atoms in total. The van der Waals surface area contributed by atoms with Crippen LogP contribution in [0.3, 0.4) is 0 Å². The molecule has 0 spiro atoms. The highest BCUT2D eigenvalue weighted by molar-refractivity contribution is 6.30. The van der Waals surface area contributed by atoms with Gasteiger partial charge in [0.2, 0.25) is 5.91 Å². The van der Waals surface area contributed by atoms with Crippen molar-refractivity contribution in [3.8, 4) is 5.75 Å². The van der Waals surface area contributed by atoms with Crippen molar-refractivity contribution in [2.45, 2.75) is 12.5 Å². The molecule has 0 aliphatic carbocycles. The summed E-state index contributed by atoms with van der Waals surface area (Å²) in [5.41, 5.74) is 1.42. The number of hydrogen-bond donors (Lipinski definition) is 2. The van der Waals surface area contributed by atoms with Crippen LogP contribution in [0.25, 0.3) is 0 Å². The van der Waals surface area contributed by atoms with Gasteiger partial charge < -0.3 is 20.3 Å². The fourth-order valence-corrected chi connectivity index (χ4v) is 2.83. The van der Waals surface area contributed by atoms with Gasteiger partial charge in [0.15, 0.2) is 0 Å². The monoisotopic (exact) mass is 359 g/mol. The Balaban J connectivity index is 1.57. The number of hydrogen-bond acceptors (Lipinski definition) is 3. The third-order valence-corrected chi connectivity index (χ3v) is 4.20. The van der Waals surface area contributed by atoms with Crippen molar-refractivity contribution < 1.29 is 14.3 Å². The molecule has 1 saturated heterocycles. The third kappa shape index (κ3) is 4.22. The molecule has 3 rings (SSSR count). The normalized spacial score (nSPS) is 16.6. The molecule has 0 unspecified atom stereocenters. The molecule has 1 aliphatic rings. The zero-order valence-corrected chi connectivity index (χ0v) is 14.4. The summed E-state index contributed by atoms with van der Waals surface area (Å²) in [5.74, 6) is 0.683. The van der Waals surface area contributed by atoms with Crippen LogP contribution in [-0.2, 0) is 4.79 Å². The van der Waals surface area contributed by atoms with E-state index in [1.54, 1.807) is 60.5 Å². The van der Waals surface area contributed by atoms with Gasteiger partial charge in [0, 0.05) is 29.4 Å². The Morgan fingerprint density at radius 3 is 2.48 bits per heavy atom. The Bertz CT molecular complexity index is 762. The fourth-order valence-electron chi connectivity index (χ4n) is 2.70. The maximum absolute atomic E-state index is 12.2. The molecule has 3 amide bonds. The van der Waals surface area contributed by atoms with Crippen LogP contribution < -0.4 is 20.3 Å². The number of amides is 3. The Hall–Kier alpha value is -2.73. The van der Waals surface area contributed by atoms with Crippen LogP contribution in [0.5, 0.6) is 5.75 Å². The van der Waals surface area contributed by atoms with E-state index in [2.05, 4.69) is 10.6 Å². The summed E-state index contributed by atoms with van der Waals surface area (Å²) in [4.78, 5) is 26.0. The first kappa shape index (κ1) is 17.1. The largest absolute Gasteiger partial charge is 0.497 e. The minimum Gasteiger partial charge on any atom is -0.497 e. The predicted octanol–water partition coefficient (Wildman–Crippen LogP) is 3.28. The Morgan fingerprint density at radius 2 is 1.84 bits per heavy atom. The number of carbonyl (C=O) groups is 2. The van der Waals surface area contributed by atoms with Crippen LogP contribution in [0.4, 0.5) is 16.2 Å². The standard InChI is InChI=1S/C18H18ClN3O3/c1-25-16-8-4-13(5-9-16)20-18(24)21-14-10-17(23)22(11-14)15-6-2-12(19)3-7-15/h2-9,14H,10-11H2,1H3,(H2,20,21,24)/t14-/m1/s1. The highest BCUT2D eigenvalue weighted by Crippen LogP contribution is 2.23. The molecule has 0 radical (unpaired) electrons. The van der Waals surface area contributed by atoms with Gasteiger partial charge in [0.25, 0.3) is 0 Å². The Labute approximate surface area is 150 Å². The smallest absolute Gasteiger partial charge is 0.319 e. The van der Waals surface area contributed by atoms with Crippen LogP contribution in [0.15, 0.2) is 48.5 Å².